The molecule has 0 aliphatic heterocycles. The fourth-order valence-corrected chi connectivity index (χ4v) is 4.58. The minimum Gasteiger partial charge on any atom is -0.324 e. The molecule has 2 aromatic carbocycles. The van der Waals surface area contributed by atoms with E-state index in [4.69, 9.17) is 0 Å². The van der Waals surface area contributed by atoms with Crippen LogP contribution in [-0.4, -0.2) is 15.5 Å². The van der Waals surface area contributed by atoms with Crippen LogP contribution in [0.4, 0.5) is 5.69 Å². The molecule has 1 amide bonds. The predicted octanol–water partition coefficient (Wildman–Crippen LogP) is 6.01. The van der Waals surface area contributed by atoms with E-state index in [1.165, 1.54) is 33.4 Å². The number of carbonyl (C=O) groups excluding carboxylic acids is 1. The zero-order chi connectivity index (χ0) is 22.8. The van der Waals surface area contributed by atoms with Crippen LogP contribution in [-0.2, 0) is 11.2 Å². The largest absolute Gasteiger partial charge is 0.324 e. The molecule has 4 rings (SSSR count). The maximum absolute atomic E-state index is 13.4. The second-order valence-electron chi connectivity index (χ2n) is 8.28. The fraction of sp³-hybridized carbons (Fsp3) is 0.269. The lowest BCUT2D eigenvalue weighted by Gasteiger charge is -2.15. The van der Waals surface area contributed by atoms with E-state index in [1.54, 1.807) is 6.92 Å². The highest BCUT2D eigenvalue weighted by Gasteiger charge is 2.20. The first-order valence-corrected chi connectivity index (χ1v) is 11.8. The Balaban J connectivity index is 1.65. The second-order valence-corrected chi connectivity index (χ2v) is 9.14. The third kappa shape index (κ3) is 4.23. The molecule has 0 bridgehead atoms. The standard InChI is InChI=1S/C26H27N3O2S/c1-5-18-6-12-21(13-7-18)28-24(30)17(4)29-15-27-25-23(26(29)31)22(14-32-25)20-10-8-19(9-11-20)16(2)3/h6-17H,5H2,1-4H3,(H,28,30). The summed E-state index contributed by atoms with van der Waals surface area (Å²) in [6.45, 7) is 8.11. The van der Waals surface area contributed by atoms with Gasteiger partial charge in [-0.1, -0.05) is 57.2 Å². The number of amides is 1. The second kappa shape index (κ2) is 9.09. The van der Waals surface area contributed by atoms with Crippen LogP contribution in [0.25, 0.3) is 21.3 Å². The van der Waals surface area contributed by atoms with Crippen molar-refractivity contribution in [2.24, 2.45) is 0 Å². The van der Waals surface area contributed by atoms with Gasteiger partial charge in [-0.3, -0.25) is 14.2 Å². The summed E-state index contributed by atoms with van der Waals surface area (Å²) in [5, 5.41) is 5.42. The number of hydrogen-bond acceptors (Lipinski definition) is 4. The summed E-state index contributed by atoms with van der Waals surface area (Å²) in [4.78, 5) is 31.4. The summed E-state index contributed by atoms with van der Waals surface area (Å²) in [6, 6.07) is 15.3. The van der Waals surface area contributed by atoms with Crippen molar-refractivity contribution in [1.29, 1.82) is 0 Å². The zero-order valence-corrected chi connectivity index (χ0v) is 19.6. The van der Waals surface area contributed by atoms with Crippen LogP contribution < -0.4 is 10.9 Å². The summed E-state index contributed by atoms with van der Waals surface area (Å²) >= 11 is 1.44. The minimum absolute atomic E-state index is 0.205. The Bertz CT molecular complexity index is 1300. The van der Waals surface area contributed by atoms with Gasteiger partial charge >= 0.3 is 0 Å². The highest BCUT2D eigenvalue weighted by atomic mass is 32.1. The molecule has 5 nitrogen and oxygen atoms in total. The number of hydrogen-bond donors (Lipinski definition) is 1. The van der Waals surface area contributed by atoms with Crippen molar-refractivity contribution < 1.29 is 4.79 Å². The van der Waals surface area contributed by atoms with Gasteiger partial charge in [0.25, 0.3) is 5.56 Å². The van der Waals surface area contributed by atoms with Crippen molar-refractivity contribution >= 4 is 33.1 Å². The first kappa shape index (κ1) is 22.0. The average Bonchev–Trinajstić information content (AvgIpc) is 3.24. The van der Waals surface area contributed by atoms with Crippen molar-refractivity contribution in [1.82, 2.24) is 9.55 Å². The van der Waals surface area contributed by atoms with Gasteiger partial charge in [-0.15, -0.1) is 11.3 Å². The van der Waals surface area contributed by atoms with Crippen LogP contribution in [0.15, 0.2) is 65.0 Å². The molecule has 0 radical (unpaired) electrons. The average molecular weight is 446 g/mol. The molecule has 2 aromatic heterocycles. The number of anilines is 1. The molecule has 1 atom stereocenters. The molecule has 0 spiro atoms. The lowest BCUT2D eigenvalue weighted by atomic mass is 9.99. The number of aryl methyl sites for hydroxylation is 1. The third-order valence-corrected chi connectivity index (χ3v) is 6.72. The molecular formula is C26H27N3O2S. The lowest BCUT2D eigenvalue weighted by Crippen LogP contribution is -2.31. The van der Waals surface area contributed by atoms with Crippen LogP contribution in [0.1, 0.15) is 50.8 Å². The van der Waals surface area contributed by atoms with E-state index in [2.05, 4.69) is 43.2 Å². The van der Waals surface area contributed by atoms with Crippen LogP contribution in [0.2, 0.25) is 0 Å². The van der Waals surface area contributed by atoms with Crippen LogP contribution in [0, 0.1) is 0 Å². The highest BCUT2D eigenvalue weighted by molar-refractivity contribution is 7.17. The number of aromatic nitrogens is 2. The first-order valence-electron chi connectivity index (χ1n) is 10.9. The lowest BCUT2D eigenvalue weighted by molar-refractivity contribution is -0.118. The number of nitrogens with zero attached hydrogens (tertiary/aromatic N) is 2. The van der Waals surface area contributed by atoms with E-state index < -0.39 is 6.04 Å². The van der Waals surface area contributed by atoms with E-state index in [9.17, 15) is 9.59 Å². The van der Waals surface area contributed by atoms with E-state index in [1.807, 2.05) is 41.8 Å². The van der Waals surface area contributed by atoms with Gasteiger partial charge in [0.15, 0.2) is 0 Å². The van der Waals surface area contributed by atoms with E-state index in [0.29, 0.717) is 21.8 Å². The SMILES string of the molecule is CCc1ccc(NC(=O)C(C)n2cnc3scc(-c4ccc(C(C)C)cc4)c3c2=O)cc1. The number of thiophene rings is 1. The van der Waals surface area contributed by atoms with Gasteiger partial charge in [0.05, 0.1) is 11.7 Å². The van der Waals surface area contributed by atoms with E-state index >= 15 is 0 Å². The number of benzene rings is 2. The summed E-state index contributed by atoms with van der Waals surface area (Å²) < 4.78 is 1.41. The van der Waals surface area contributed by atoms with Gasteiger partial charge in [0.2, 0.25) is 5.91 Å². The van der Waals surface area contributed by atoms with Gasteiger partial charge < -0.3 is 5.32 Å². The third-order valence-electron chi connectivity index (χ3n) is 5.83. The van der Waals surface area contributed by atoms with Crippen molar-refractivity contribution in [2.75, 3.05) is 5.32 Å². The van der Waals surface area contributed by atoms with Gasteiger partial charge in [0, 0.05) is 16.6 Å². The summed E-state index contributed by atoms with van der Waals surface area (Å²) in [5.74, 6) is 0.190. The smallest absolute Gasteiger partial charge is 0.263 e. The summed E-state index contributed by atoms with van der Waals surface area (Å²) in [5.41, 5.74) is 4.79. The molecule has 0 fully saturated rings. The predicted molar refractivity (Wildman–Crippen MR) is 133 cm³/mol. The highest BCUT2D eigenvalue weighted by Crippen LogP contribution is 2.31. The van der Waals surface area contributed by atoms with Gasteiger partial charge in [-0.05, 0) is 48.1 Å². The van der Waals surface area contributed by atoms with Crippen LogP contribution >= 0.6 is 11.3 Å². The molecule has 164 valence electrons. The molecule has 0 aliphatic rings. The monoisotopic (exact) mass is 445 g/mol. The molecule has 0 saturated carbocycles. The maximum atomic E-state index is 13.4. The Kier molecular flexibility index (Phi) is 6.24. The van der Waals surface area contributed by atoms with Crippen molar-refractivity contribution in [3.8, 4) is 11.1 Å². The number of nitrogens with one attached hydrogen (secondary N) is 1. The molecule has 2 heterocycles. The van der Waals surface area contributed by atoms with E-state index in [0.717, 1.165) is 17.5 Å². The zero-order valence-electron chi connectivity index (χ0n) is 18.8. The quantitative estimate of drug-likeness (QED) is 0.395. The Hall–Kier alpha value is -3.25. The molecule has 1 unspecified atom stereocenters. The number of rotatable bonds is 6. The van der Waals surface area contributed by atoms with Gasteiger partial charge in [0.1, 0.15) is 10.9 Å². The molecular weight excluding hydrogens is 418 g/mol. The summed E-state index contributed by atoms with van der Waals surface area (Å²) in [6.07, 6.45) is 2.41. The van der Waals surface area contributed by atoms with Crippen molar-refractivity contribution in [3.63, 3.8) is 0 Å². The van der Waals surface area contributed by atoms with Crippen LogP contribution in [0.3, 0.4) is 0 Å². The molecule has 1 N–H and O–H groups in total. The van der Waals surface area contributed by atoms with E-state index in [-0.39, 0.29) is 11.5 Å². The first-order chi connectivity index (χ1) is 15.4. The van der Waals surface area contributed by atoms with Crippen molar-refractivity contribution in [3.05, 3.63) is 81.7 Å². The van der Waals surface area contributed by atoms with Crippen molar-refractivity contribution in [2.45, 2.75) is 46.1 Å². The van der Waals surface area contributed by atoms with Gasteiger partial charge in [-0.2, -0.15) is 0 Å². The topological polar surface area (TPSA) is 64.0 Å². The minimum atomic E-state index is -0.693. The Morgan fingerprint density at radius 1 is 1.06 bits per heavy atom. The Labute approximate surface area is 191 Å². The molecule has 32 heavy (non-hydrogen) atoms. The number of fused-ring (bicyclic) bond motifs is 1. The fourth-order valence-electron chi connectivity index (χ4n) is 3.68. The molecule has 4 aromatic rings. The summed E-state index contributed by atoms with van der Waals surface area (Å²) in [7, 11) is 0. The molecule has 6 heteroatoms. The van der Waals surface area contributed by atoms with Crippen LogP contribution in [0.5, 0.6) is 0 Å². The maximum Gasteiger partial charge on any atom is 0.263 e. The Morgan fingerprint density at radius 2 is 1.75 bits per heavy atom. The number of carbonyl (C=O) groups is 1. The molecule has 0 aliphatic carbocycles. The normalized spacial score (nSPS) is 12.3. The van der Waals surface area contributed by atoms with Gasteiger partial charge in [-0.25, -0.2) is 4.98 Å². The molecule has 0 saturated heterocycles. The Morgan fingerprint density at radius 3 is 2.38 bits per heavy atom.